The molecule has 0 radical (unpaired) electrons. The Bertz CT molecular complexity index is 559. The van der Waals surface area contributed by atoms with Gasteiger partial charge in [0, 0.05) is 18.5 Å². The number of ether oxygens (including phenoxy) is 1. The number of hydrogen-bond acceptors (Lipinski definition) is 5. The van der Waals surface area contributed by atoms with Crippen molar-refractivity contribution in [3.8, 4) is 10.8 Å². The molecule has 0 bridgehead atoms. The molecule has 1 amide bonds. The van der Waals surface area contributed by atoms with Crippen molar-refractivity contribution in [2.45, 2.75) is 25.4 Å². The summed E-state index contributed by atoms with van der Waals surface area (Å²) in [5, 5.41) is 5.59. The Morgan fingerprint density at radius 3 is 3.25 bits per heavy atom. The Morgan fingerprint density at radius 1 is 1.55 bits per heavy atom. The molecule has 0 aliphatic carbocycles. The first-order valence-corrected chi connectivity index (χ1v) is 7.56. The van der Waals surface area contributed by atoms with Crippen LogP contribution in [0.2, 0.25) is 0 Å². The van der Waals surface area contributed by atoms with E-state index >= 15 is 0 Å². The number of rotatable bonds is 5. The van der Waals surface area contributed by atoms with Crippen LogP contribution in [0.5, 0.6) is 0 Å². The van der Waals surface area contributed by atoms with Crippen LogP contribution in [0.15, 0.2) is 28.2 Å². The quantitative estimate of drug-likeness (QED) is 0.918. The third-order valence-corrected chi connectivity index (χ3v) is 4.08. The second-order valence-electron chi connectivity index (χ2n) is 4.74. The second-order valence-corrected chi connectivity index (χ2v) is 5.60. The van der Waals surface area contributed by atoms with Crippen LogP contribution in [0.1, 0.15) is 18.5 Å². The van der Waals surface area contributed by atoms with Crippen LogP contribution >= 0.6 is 11.3 Å². The van der Waals surface area contributed by atoms with Crippen molar-refractivity contribution in [1.82, 2.24) is 10.3 Å². The summed E-state index contributed by atoms with van der Waals surface area (Å²) in [6.45, 7) is 1.40. The number of aromatic nitrogens is 1. The molecule has 2 aromatic rings. The summed E-state index contributed by atoms with van der Waals surface area (Å²) in [4.78, 5) is 16.2. The fraction of sp³-hybridized carbons (Fsp3) is 0.429. The fourth-order valence-corrected chi connectivity index (χ4v) is 2.95. The maximum absolute atomic E-state index is 11.8. The molecule has 3 rings (SSSR count). The topological polar surface area (TPSA) is 64.4 Å². The number of nitrogens with zero attached hydrogens (tertiary/aromatic N) is 1. The average molecular weight is 292 g/mol. The van der Waals surface area contributed by atoms with Crippen LogP contribution in [0.3, 0.4) is 0 Å². The largest absolute Gasteiger partial charge is 0.462 e. The first-order valence-electron chi connectivity index (χ1n) is 6.68. The summed E-state index contributed by atoms with van der Waals surface area (Å²) in [6.07, 6.45) is 4.20. The van der Waals surface area contributed by atoms with Gasteiger partial charge in [-0.25, -0.2) is 4.98 Å². The standard InChI is InChI=1S/C14H16N2O3S/c17-13(15-8-11-3-1-5-18-11)7-10-9-20-14(16-10)12-4-2-6-19-12/h2,4,6,9,11H,1,3,5,7-8H2,(H,15,17)/t11-/m0/s1. The zero-order chi connectivity index (χ0) is 13.8. The Kier molecular flexibility index (Phi) is 4.13. The SMILES string of the molecule is O=C(Cc1csc(-c2ccco2)n1)NC[C@@H]1CCCO1. The van der Waals surface area contributed by atoms with Gasteiger partial charge in [0.1, 0.15) is 0 Å². The van der Waals surface area contributed by atoms with Gasteiger partial charge in [-0.3, -0.25) is 4.79 Å². The van der Waals surface area contributed by atoms with E-state index in [1.807, 2.05) is 17.5 Å². The molecule has 106 valence electrons. The zero-order valence-electron chi connectivity index (χ0n) is 11.0. The van der Waals surface area contributed by atoms with E-state index in [2.05, 4.69) is 10.3 Å². The fourth-order valence-electron chi connectivity index (χ4n) is 2.16. The minimum atomic E-state index is -0.0169. The smallest absolute Gasteiger partial charge is 0.226 e. The van der Waals surface area contributed by atoms with Crippen LogP contribution in [0.4, 0.5) is 0 Å². The van der Waals surface area contributed by atoms with Crippen LogP contribution < -0.4 is 5.32 Å². The van der Waals surface area contributed by atoms with E-state index in [1.165, 1.54) is 11.3 Å². The third-order valence-electron chi connectivity index (χ3n) is 3.18. The molecule has 1 atom stereocenters. The number of carbonyl (C=O) groups is 1. The summed E-state index contributed by atoms with van der Waals surface area (Å²) in [7, 11) is 0. The molecule has 1 saturated heterocycles. The van der Waals surface area contributed by atoms with Crippen LogP contribution in [0, 0.1) is 0 Å². The van der Waals surface area contributed by atoms with Crippen molar-refractivity contribution in [2.75, 3.05) is 13.2 Å². The summed E-state index contributed by atoms with van der Waals surface area (Å²) in [5.41, 5.74) is 0.770. The Morgan fingerprint density at radius 2 is 2.50 bits per heavy atom. The minimum Gasteiger partial charge on any atom is -0.462 e. The van der Waals surface area contributed by atoms with Crippen LogP contribution in [-0.2, 0) is 16.0 Å². The summed E-state index contributed by atoms with van der Waals surface area (Å²) < 4.78 is 10.7. The first-order chi connectivity index (χ1) is 9.81. The predicted octanol–water partition coefficient (Wildman–Crippen LogP) is 2.24. The summed E-state index contributed by atoms with van der Waals surface area (Å²) in [6, 6.07) is 3.69. The maximum atomic E-state index is 11.8. The lowest BCUT2D eigenvalue weighted by Gasteiger charge is -2.09. The highest BCUT2D eigenvalue weighted by Crippen LogP contribution is 2.24. The third kappa shape index (κ3) is 3.26. The molecule has 0 saturated carbocycles. The molecule has 20 heavy (non-hydrogen) atoms. The van der Waals surface area contributed by atoms with Gasteiger partial charge >= 0.3 is 0 Å². The Hall–Kier alpha value is -1.66. The van der Waals surface area contributed by atoms with Crippen molar-refractivity contribution in [1.29, 1.82) is 0 Å². The lowest BCUT2D eigenvalue weighted by molar-refractivity contribution is -0.121. The lowest BCUT2D eigenvalue weighted by atomic mass is 10.2. The van der Waals surface area contributed by atoms with Crippen molar-refractivity contribution >= 4 is 17.2 Å². The van der Waals surface area contributed by atoms with Crippen LogP contribution in [0.25, 0.3) is 10.8 Å². The van der Waals surface area contributed by atoms with Crippen molar-refractivity contribution in [2.24, 2.45) is 0 Å². The predicted molar refractivity (Wildman–Crippen MR) is 75.5 cm³/mol. The molecule has 1 fully saturated rings. The van der Waals surface area contributed by atoms with Crippen molar-refractivity contribution in [3.05, 3.63) is 29.5 Å². The van der Waals surface area contributed by atoms with Crippen molar-refractivity contribution in [3.63, 3.8) is 0 Å². The molecule has 5 nitrogen and oxygen atoms in total. The van der Waals surface area contributed by atoms with E-state index in [0.717, 1.165) is 35.9 Å². The highest BCUT2D eigenvalue weighted by atomic mass is 32.1. The molecule has 1 N–H and O–H groups in total. The summed E-state index contributed by atoms with van der Waals surface area (Å²) >= 11 is 1.48. The maximum Gasteiger partial charge on any atom is 0.226 e. The highest BCUT2D eigenvalue weighted by Gasteiger charge is 2.16. The van der Waals surface area contributed by atoms with E-state index in [-0.39, 0.29) is 12.0 Å². The lowest BCUT2D eigenvalue weighted by Crippen LogP contribution is -2.32. The molecule has 1 aliphatic rings. The zero-order valence-corrected chi connectivity index (χ0v) is 11.8. The number of nitrogens with one attached hydrogen (secondary N) is 1. The van der Waals surface area contributed by atoms with E-state index in [4.69, 9.17) is 9.15 Å². The number of furan rings is 1. The van der Waals surface area contributed by atoms with Gasteiger partial charge < -0.3 is 14.5 Å². The van der Waals surface area contributed by atoms with E-state index in [1.54, 1.807) is 6.26 Å². The van der Waals surface area contributed by atoms with Gasteiger partial charge in [-0.1, -0.05) is 0 Å². The van der Waals surface area contributed by atoms with Gasteiger partial charge in [0.2, 0.25) is 5.91 Å². The molecule has 0 unspecified atom stereocenters. The molecule has 0 spiro atoms. The van der Waals surface area contributed by atoms with E-state index < -0.39 is 0 Å². The number of amides is 1. The normalized spacial score (nSPS) is 18.3. The van der Waals surface area contributed by atoms with Gasteiger partial charge in [-0.15, -0.1) is 11.3 Å². The Labute approximate surface area is 121 Å². The van der Waals surface area contributed by atoms with Crippen molar-refractivity contribution < 1.29 is 13.9 Å². The second kappa shape index (κ2) is 6.19. The number of thiazole rings is 1. The molecule has 3 heterocycles. The average Bonchev–Trinajstić information content (AvgIpc) is 3.18. The number of hydrogen-bond donors (Lipinski definition) is 1. The highest BCUT2D eigenvalue weighted by molar-refractivity contribution is 7.13. The van der Waals surface area contributed by atoms with Gasteiger partial charge in [-0.05, 0) is 25.0 Å². The first kappa shape index (κ1) is 13.3. The van der Waals surface area contributed by atoms with E-state index in [9.17, 15) is 4.79 Å². The minimum absolute atomic E-state index is 0.0169. The number of carbonyl (C=O) groups excluding carboxylic acids is 1. The molecule has 1 aliphatic heterocycles. The van der Waals surface area contributed by atoms with Gasteiger partial charge in [0.25, 0.3) is 0 Å². The van der Waals surface area contributed by atoms with Gasteiger partial charge in [-0.2, -0.15) is 0 Å². The molecular weight excluding hydrogens is 276 g/mol. The van der Waals surface area contributed by atoms with Gasteiger partial charge in [0.15, 0.2) is 10.8 Å². The van der Waals surface area contributed by atoms with E-state index in [0.29, 0.717) is 13.0 Å². The molecule has 2 aromatic heterocycles. The van der Waals surface area contributed by atoms with Crippen LogP contribution in [-0.4, -0.2) is 30.1 Å². The molecule has 6 heteroatoms. The monoisotopic (exact) mass is 292 g/mol. The molecular formula is C14H16N2O3S. The molecule has 0 aromatic carbocycles. The Balaban J connectivity index is 1.51. The van der Waals surface area contributed by atoms with Gasteiger partial charge in [0.05, 0.1) is 24.5 Å². The summed E-state index contributed by atoms with van der Waals surface area (Å²) in [5.74, 6) is 0.720.